The van der Waals surface area contributed by atoms with Gasteiger partial charge in [-0.3, -0.25) is 4.79 Å². The van der Waals surface area contributed by atoms with Crippen LogP contribution in [0.1, 0.15) is 16.6 Å². The predicted octanol–water partition coefficient (Wildman–Crippen LogP) is -1.62. The van der Waals surface area contributed by atoms with Gasteiger partial charge in [-0.05, 0) is 11.6 Å². The molecule has 2 aromatic heterocycles. The maximum Gasteiger partial charge on any atom is 0.251 e. The van der Waals surface area contributed by atoms with Gasteiger partial charge >= 0.3 is 0 Å². The Hall–Kier alpha value is -1.98. The molecule has 1 amide bonds. The molecule has 1 aliphatic rings. The number of nitrogens with zero attached hydrogens (tertiary/aromatic N) is 3. The summed E-state index contributed by atoms with van der Waals surface area (Å²) >= 11 is 5.79. The number of rotatable bonds is 3. The minimum absolute atomic E-state index is 0.0203. The van der Waals surface area contributed by atoms with Crippen LogP contribution >= 0.6 is 11.6 Å². The molecular weight excluding hydrogens is 330 g/mol. The van der Waals surface area contributed by atoms with Crippen molar-refractivity contribution in [3.8, 4) is 0 Å². The lowest BCUT2D eigenvalue weighted by Crippen LogP contribution is -2.33. The van der Waals surface area contributed by atoms with Crippen molar-refractivity contribution in [1.29, 1.82) is 0 Å². The van der Waals surface area contributed by atoms with Gasteiger partial charge in [-0.2, -0.15) is 4.98 Å². The predicted molar refractivity (Wildman–Crippen MR) is 78.5 cm³/mol. The first kappa shape index (κ1) is 15.9. The Bertz CT molecular complexity index is 781. The molecule has 0 aliphatic carbocycles. The van der Waals surface area contributed by atoms with Crippen LogP contribution < -0.4 is 11.5 Å². The number of aliphatic hydroxyl groups excluding tert-OH is 3. The van der Waals surface area contributed by atoms with Gasteiger partial charge in [0, 0.05) is 6.20 Å². The van der Waals surface area contributed by atoms with E-state index in [1.54, 1.807) is 0 Å². The van der Waals surface area contributed by atoms with E-state index in [4.69, 9.17) is 32.9 Å². The fourth-order valence-electron chi connectivity index (χ4n) is 2.64. The SMILES string of the molecule is NC(=O)c1cn([C@@H]2O[C@H](CO)[C@@H](O)[C@H]2O)c2nc(Cl)nc(N)c12. The number of primary amides is 1. The van der Waals surface area contributed by atoms with E-state index in [0.29, 0.717) is 0 Å². The number of nitrogen functional groups attached to an aromatic ring is 1. The lowest BCUT2D eigenvalue weighted by atomic mass is 10.1. The normalized spacial score (nSPS) is 27.7. The van der Waals surface area contributed by atoms with Crippen LogP contribution in [0.4, 0.5) is 5.82 Å². The third-order valence-corrected chi connectivity index (χ3v) is 3.90. The summed E-state index contributed by atoms with van der Waals surface area (Å²) in [7, 11) is 0. The molecule has 1 fully saturated rings. The van der Waals surface area contributed by atoms with Crippen LogP contribution in [-0.4, -0.2) is 60.7 Å². The van der Waals surface area contributed by atoms with Gasteiger partial charge in [0.2, 0.25) is 5.28 Å². The second kappa shape index (κ2) is 5.58. The number of aromatic nitrogens is 3. The van der Waals surface area contributed by atoms with Crippen molar-refractivity contribution in [3.63, 3.8) is 0 Å². The average Bonchev–Trinajstić information content (AvgIpc) is 2.99. The summed E-state index contributed by atoms with van der Waals surface area (Å²) in [5.41, 5.74) is 11.2. The summed E-state index contributed by atoms with van der Waals surface area (Å²) in [4.78, 5) is 19.4. The number of anilines is 1. The molecule has 0 aromatic carbocycles. The number of amides is 1. The fraction of sp³-hybridized carbons (Fsp3) is 0.417. The molecule has 0 spiro atoms. The Morgan fingerprint density at radius 1 is 1.39 bits per heavy atom. The van der Waals surface area contributed by atoms with Gasteiger partial charge in [0.1, 0.15) is 29.8 Å². The second-order valence-electron chi connectivity index (χ2n) is 5.12. The Morgan fingerprint density at radius 3 is 2.65 bits per heavy atom. The zero-order chi connectivity index (χ0) is 16.9. The number of aliphatic hydroxyl groups is 3. The molecule has 124 valence electrons. The summed E-state index contributed by atoms with van der Waals surface area (Å²) < 4.78 is 6.70. The van der Waals surface area contributed by atoms with E-state index in [1.807, 2.05) is 0 Å². The number of ether oxygens (including phenoxy) is 1. The molecule has 7 N–H and O–H groups in total. The molecule has 1 saturated heterocycles. The lowest BCUT2D eigenvalue weighted by Gasteiger charge is -2.17. The highest BCUT2D eigenvalue weighted by Crippen LogP contribution is 2.35. The van der Waals surface area contributed by atoms with Crippen LogP contribution in [0.25, 0.3) is 11.0 Å². The van der Waals surface area contributed by atoms with Crippen molar-refractivity contribution < 1.29 is 24.9 Å². The summed E-state index contributed by atoms with van der Waals surface area (Å²) in [6, 6.07) is 0. The molecule has 11 heteroatoms. The Labute approximate surface area is 134 Å². The number of carbonyl (C=O) groups excluding carboxylic acids is 1. The minimum atomic E-state index is -1.36. The van der Waals surface area contributed by atoms with Gasteiger partial charge in [0.05, 0.1) is 17.6 Å². The summed E-state index contributed by atoms with van der Waals surface area (Å²) in [5, 5.41) is 29.2. The highest BCUT2D eigenvalue weighted by molar-refractivity contribution is 6.29. The largest absolute Gasteiger partial charge is 0.394 e. The molecule has 0 bridgehead atoms. The molecule has 0 saturated carbocycles. The highest BCUT2D eigenvalue weighted by atomic mass is 35.5. The Morgan fingerprint density at radius 2 is 2.09 bits per heavy atom. The molecule has 0 radical (unpaired) electrons. The van der Waals surface area contributed by atoms with Gasteiger partial charge in [-0.15, -0.1) is 0 Å². The quantitative estimate of drug-likeness (QED) is 0.414. The molecule has 23 heavy (non-hydrogen) atoms. The number of nitrogens with two attached hydrogens (primary N) is 2. The molecular formula is C12H14ClN5O5. The van der Waals surface area contributed by atoms with Gasteiger partial charge < -0.3 is 36.1 Å². The summed E-state index contributed by atoms with van der Waals surface area (Å²) in [6.07, 6.45) is -3.48. The first-order valence-electron chi connectivity index (χ1n) is 6.61. The van der Waals surface area contributed by atoms with Crippen LogP contribution in [0.3, 0.4) is 0 Å². The first-order chi connectivity index (χ1) is 10.8. The fourth-order valence-corrected chi connectivity index (χ4v) is 2.81. The lowest BCUT2D eigenvalue weighted by molar-refractivity contribution is -0.0508. The van der Waals surface area contributed by atoms with E-state index in [9.17, 15) is 15.0 Å². The number of halogens is 1. The van der Waals surface area contributed by atoms with E-state index in [1.165, 1.54) is 10.8 Å². The van der Waals surface area contributed by atoms with E-state index < -0.39 is 37.1 Å². The third-order valence-electron chi connectivity index (χ3n) is 3.73. The molecule has 3 rings (SSSR count). The molecule has 3 heterocycles. The second-order valence-corrected chi connectivity index (χ2v) is 5.46. The minimum Gasteiger partial charge on any atom is -0.394 e. The van der Waals surface area contributed by atoms with Crippen molar-refractivity contribution >= 4 is 34.4 Å². The third kappa shape index (κ3) is 2.40. The van der Waals surface area contributed by atoms with Crippen molar-refractivity contribution in [2.75, 3.05) is 12.3 Å². The highest BCUT2D eigenvalue weighted by Gasteiger charge is 2.44. The first-order valence-corrected chi connectivity index (χ1v) is 6.98. The zero-order valence-corrected chi connectivity index (χ0v) is 12.4. The van der Waals surface area contributed by atoms with E-state index in [-0.39, 0.29) is 27.7 Å². The van der Waals surface area contributed by atoms with Crippen molar-refractivity contribution in [2.24, 2.45) is 5.73 Å². The summed E-state index contributed by atoms with van der Waals surface area (Å²) in [5.74, 6) is -0.836. The van der Waals surface area contributed by atoms with E-state index >= 15 is 0 Å². The van der Waals surface area contributed by atoms with Gasteiger partial charge in [-0.25, -0.2) is 4.98 Å². The van der Waals surface area contributed by atoms with Crippen LogP contribution in [0.5, 0.6) is 0 Å². The molecule has 10 nitrogen and oxygen atoms in total. The van der Waals surface area contributed by atoms with E-state index in [0.717, 1.165) is 0 Å². The Balaban J connectivity index is 2.20. The molecule has 0 unspecified atom stereocenters. The number of fused-ring (bicyclic) bond motifs is 1. The van der Waals surface area contributed by atoms with Gasteiger partial charge in [0.25, 0.3) is 5.91 Å². The van der Waals surface area contributed by atoms with Crippen molar-refractivity contribution in [1.82, 2.24) is 14.5 Å². The van der Waals surface area contributed by atoms with Crippen LogP contribution in [-0.2, 0) is 4.74 Å². The standard InChI is InChI=1S/C12H14ClN5O5/c13-12-16-8(14)5-3(9(15)22)1-18(10(5)17-12)11-7(21)6(20)4(2-19)23-11/h1,4,6-7,11,19-21H,2H2,(H2,15,22)(H2,14,16,17)/t4-,6-,7-,11-/m1/s1. The molecule has 2 aromatic rings. The topological polar surface area (TPSA) is 170 Å². The van der Waals surface area contributed by atoms with Crippen LogP contribution in [0, 0.1) is 0 Å². The van der Waals surface area contributed by atoms with Crippen molar-refractivity contribution in [2.45, 2.75) is 24.5 Å². The zero-order valence-electron chi connectivity index (χ0n) is 11.6. The maximum absolute atomic E-state index is 11.6. The molecule has 4 atom stereocenters. The Kier molecular flexibility index (Phi) is 3.86. The van der Waals surface area contributed by atoms with Gasteiger partial charge in [0.15, 0.2) is 6.23 Å². The number of hydrogen-bond acceptors (Lipinski definition) is 8. The average molecular weight is 344 g/mol. The van der Waals surface area contributed by atoms with E-state index in [2.05, 4.69) is 9.97 Å². The summed E-state index contributed by atoms with van der Waals surface area (Å²) in [6.45, 7) is -0.492. The number of carbonyl (C=O) groups is 1. The molecule has 1 aliphatic heterocycles. The van der Waals surface area contributed by atoms with Crippen LogP contribution in [0.2, 0.25) is 5.28 Å². The smallest absolute Gasteiger partial charge is 0.251 e. The van der Waals surface area contributed by atoms with Crippen LogP contribution in [0.15, 0.2) is 6.20 Å². The monoisotopic (exact) mass is 343 g/mol. The maximum atomic E-state index is 11.6. The number of hydrogen-bond donors (Lipinski definition) is 5. The van der Waals surface area contributed by atoms with Gasteiger partial charge in [-0.1, -0.05) is 0 Å². The van der Waals surface area contributed by atoms with Crippen molar-refractivity contribution in [3.05, 3.63) is 17.0 Å².